The molecule has 10 nitrogen and oxygen atoms in total. The number of anilines is 1. The second-order valence-electron chi connectivity index (χ2n) is 14.7. The van der Waals surface area contributed by atoms with E-state index in [1.165, 1.54) is 0 Å². The number of amides is 2. The Morgan fingerprint density at radius 1 is 0.618 bits per heavy atom. The molecule has 2 N–H and O–H groups in total. The van der Waals surface area contributed by atoms with Gasteiger partial charge in [-0.25, -0.2) is 9.97 Å². The molecule has 55 heavy (non-hydrogen) atoms. The van der Waals surface area contributed by atoms with Crippen LogP contribution in [0.15, 0.2) is 116 Å². The van der Waals surface area contributed by atoms with Crippen LogP contribution in [0.5, 0.6) is 0 Å². The summed E-state index contributed by atoms with van der Waals surface area (Å²) in [7, 11) is 0. The van der Waals surface area contributed by atoms with Crippen LogP contribution in [0, 0.1) is 0 Å². The Kier molecular flexibility index (Phi) is 9.72. The fourth-order valence-corrected chi connectivity index (χ4v) is 8.31. The topological polar surface area (TPSA) is 110 Å². The standard InChI is InChI=1S/C45H45N7O3/c53-42(28-31-6-2-1-3-7-31)51-22-4-8-40(51)43-46-29-38(48-43)34-14-10-32(11-15-34)33-12-16-35(17-13-33)39-30-47-44(49-39)41-9-5-23-52(41)45(54)36-18-20-37(21-19-36)50-24-26-55-27-25-50/h1-3,6-7,10-21,29-30,40-41H,4-5,8-9,22-28H2,(H,46,48)(H,47,49)/t40-,41-/m0/s1. The third-order valence-electron chi connectivity index (χ3n) is 11.3. The molecular weight excluding hydrogens is 687 g/mol. The number of nitrogens with zero attached hydrogens (tertiary/aromatic N) is 5. The van der Waals surface area contributed by atoms with E-state index in [2.05, 4.69) is 63.4 Å². The first-order chi connectivity index (χ1) is 27.1. The first-order valence-corrected chi connectivity index (χ1v) is 19.5. The average Bonchev–Trinajstić information content (AvgIpc) is 4.09. The Morgan fingerprint density at radius 2 is 1.15 bits per heavy atom. The summed E-state index contributed by atoms with van der Waals surface area (Å²) in [6, 6.07) is 34.8. The molecule has 6 aromatic rings. The lowest BCUT2D eigenvalue weighted by atomic mass is 10.0. The van der Waals surface area contributed by atoms with E-state index in [1.54, 1.807) is 0 Å². The van der Waals surface area contributed by atoms with E-state index in [1.807, 2.05) is 76.8 Å². The Morgan fingerprint density at radius 3 is 1.73 bits per heavy atom. The minimum Gasteiger partial charge on any atom is -0.378 e. The van der Waals surface area contributed by atoms with Crippen molar-refractivity contribution in [2.75, 3.05) is 44.3 Å². The zero-order chi connectivity index (χ0) is 37.1. The molecule has 0 unspecified atom stereocenters. The van der Waals surface area contributed by atoms with Crippen molar-refractivity contribution < 1.29 is 14.3 Å². The van der Waals surface area contributed by atoms with Gasteiger partial charge in [0.05, 0.1) is 55.5 Å². The Labute approximate surface area is 321 Å². The third-order valence-corrected chi connectivity index (χ3v) is 11.3. The zero-order valence-electron chi connectivity index (χ0n) is 30.9. The van der Waals surface area contributed by atoms with E-state index >= 15 is 0 Å². The Balaban J connectivity index is 0.833. The van der Waals surface area contributed by atoms with Crippen LogP contribution in [-0.2, 0) is 16.0 Å². The molecule has 10 heteroatoms. The molecule has 0 saturated carbocycles. The molecule has 0 aliphatic carbocycles. The van der Waals surface area contributed by atoms with Crippen molar-refractivity contribution in [3.05, 3.63) is 138 Å². The maximum Gasteiger partial charge on any atom is 0.254 e. The van der Waals surface area contributed by atoms with Crippen molar-refractivity contribution in [2.24, 2.45) is 0 Å². The summed E-state index contributed by atoms with van der Waals surface area (Å²) in [4.78, 5) is 49.6. The molecule has 0 radical (unpaired) electrons. The van der Waals surface area contributed by atoms with Crippen LogP contribution in [0.3, 0.4) is 0 Å². The number of carbonyl (C=O) groups is 2. The van der Waals surface area contributed by atoms with Crippen LogP contribution in [0.4, 0.5) is 5.69 Å². The average molecular weight is 732 g/mol. The SMILES string of the molecule is O=C(Cc1ccccc1)N1CCC[C@H]1c1ncc(-c2ccc(-c3ccc(-c4cnc([C@@H]5CCCN5C(=O)c5ccc(N6CCOCC6)cc5)[nH]4)cc3)cc2)[nH]1. The number of carbonyl (C=O) groups excluding carboxylic acids is 2. The maximum atomic E-state index is 13.6. The smallest absolute Gasteiger partial charge is 0.254 e. The molecule has 0 bridgehead atoms. The van der Waals surface area contributed by atoms with E-state index in [4.69, 9.17) is 14.7 Å². The highest BCUT2D eigenvalue weighted by Gasteiger charge is 2.33. The molecule has 2 atom stereocenters. The van der Waals surface area contributed by atoms with E-state index in [0.717, 1.165) is 122 Å². The van der Waals surface area contributed by atoms with E-state index in [-0.39, 0.29) is 23.9 Å². The van der Waals surface area contributed by atoms with Crippen LogP contribution >= 0.6 is 0 Å². The van der Waals surface area contributed by atoms with Gasteiger partial charge in [0, 0.05) is 37.4 Å². The molecule has 3 fully saturated rings. The van der Waals surface area contributed by atoms with Gasteiger partial charge < -0.3 is 29.4 Å². The van der Waals surface area contributed by atoms with E-state index < -0.39 is 0 Å². The summed E-state index contributed by atoms with van der Waals surface area (Å²) in [6.07, 6.45) is 7.87. The molecule has 278 valence electrons. The first kappa shape index (κ1) is 34.7. The highest BCUT2D eigenvalue weighted by Crippen LogP contribution is 2.35. The van der Waals surface area contributed by atoms with Gasteiger partial charge in [-0.3, -0.25) is 9.59 Å². The first-order valence-electron chi connectivity index (χ1n) is 19.5. The lowest BCUT2D eigenvalue weighted by molar-refractivity contribution is -0.131. The second kappa shape index (κ2) is 15.4. The van der Waals surface area contributed by atoms with Gasteiger partial charge in [0.25, 0.3) is 5.91 Å². The van der Waals surface area contributed by atoms with Gasteiger partial charge in [-0.05, 0) is 77.8 Å². The molecule has 3 saturated heterocycles. The number of likely N-dealkylation sites (tertiary alicyclic amines) is 2. The third kappa shape index (κ3) is 7.29. The number of aromatic nitrogens is 4. The van der Waals surface area contributed by atoms with Crippen LogP contribution in [0.1, 0.15) is 65.3 Å². The van der Waals surface area contributed by atoms with Gasteiger partial charge in [0.1, 0.15) is 11.6 Å². The number of ether oxygens (including phenoxy) is 1. The number of H-pyrrole nitrogens is 2. The summed E-state index contributed by atoms with van der Waals surface area (Å²) in [5.41, 5.74) is 9.07. The molecular formula is C45H45N7O3. The summed E-state index contributed by atoms with van der Waals surface area (Å²) >= 11 is 0. The molecule has 4 aromatic carbocycles. The second-order valence-corrected chi connectivity index (χ2v) is 14.7. The van der Waals surface area contributed by atoms with Crippen LogP contribution in [0.25, 0.3) is 33.6 Å². The van der Waals surface area contributed by atoms with Gasteiger partial charge in [-0.2, -0.15) is 0 Å². The number of morpholine rings is 1. The van der Waals surface area contributed by atoms with Crippen LogP contribution in [-0.4, -0.2) is 80.9 Å². The van der Waals surface area contributed by atoms with Gasteiger partial charge in [0.2, 0.25) is 5.91 Å². The van der Waals surface area contributed by atoms with Crippen molar-refractivity contribution in [1.82, 2.24) is 29.7 Å². The summed E-state index contributed by atoms with van der Waals surface area (Å²) < 4.78 is 5.48. The van der Waals surface area contributed by atoms with Crippen LogP contribution in [0.2, 0.25) is 0 Å². The number of rotatable bonds is 9. The Hall–Kier alpha value is -6.00. The normalized spacial score (nSPS) is 18.6. The molecule has 0 spiro atoms. The molecule has 3 aliphatic heterocycles. The minimum absolute atomic E-state index is 0.0303. The van der Waals surface area contributed by atoms with Gasteiger partial charge in [0.15, 0.2) is 0 Å². The molecule has 5 heterocycles. The maximum absolute atomic E-state index is 13.6. The number of benzene rings is 4. The number of aromatic amines is 2. The number of nitrogens with one attached hydrogen (secondary N) is 2. The highest BCUT2D eigenvalue weighted by molar-refractivity contribution is 5.95. The van der Waals surface area contributed by atoms with E-state index in [9.17, 15) is 9.59 Å². The van der Waals surface area contributed by atoms with Crippen molar-refractivity contribution in [3.63, 3.8) is 0 Å². The largest absolute Gasteiger partial charge is 0.378 e. The highest BCUT2D eigenvalue weighted by atomic mass is 16.5. The molecule has 3 aliphatic rings. The number of hydrogen-bond acceptors (Lipinski definition) is 6. The van der Waals surface area contributed by atoms with Crippen LogP contribution < -0.4 is 4.90 Å². The summed E-state index contributed by atoms with van der Waals surface area (Å²) in [5.74, 6) is 1.86. The monoisotopic (exact) mass is 731 g/mol. The van der Waals surface area contributed by atoms with Gasteiger partial charge in [-0.1, -0.05) is 78.9 Å². The van der Waals surface area contributed by atoms with Crippen molar-refractivity contribution in [3.8, 4) is 33.6 Å². The molecule has 2 amide bonds. The summed E-state index contributed by atoms with van der Waals surface area (Å²) in [5, 5.41) is 0. The zero-order valence-corrected chi connectivity index (χ0v) is 30.9. The fraction of sp³-hybridized carbons (Fsp3) is 0.289. The number of hydrogen-bond donors (Lipinski definition) is 2. The Bertz CT molecular complexity index is 2240. The lowest BCUT2D eigenvalue weighted by Crippen LogP contribution is -2.36. The van der Waals surface area contributed by atoms with E-state index in [0.29, 0.717) is 12.0 Å². The van der Waals surface area contributed by atoms with Crippen molar-refractivity contribution in [1.29, 1.82) is 0 Å². The van der Waals surface area contributed by atoms with Gasteiger partial charge in [-0.15, -0.1) is 0 Å². The fourth-order valence-electron chi connectivity index (χ4n) is 8.31. The number of imidazole rings is 2. The minimum atomic E-state index is -0.0804. The predicted octanol–water partition coefficient (Wildman–Crippen LogP) is 7.85. The summed E-state index contributed by atoms with van der Waals surface area (Å²) in [6.45, 7) is 4.68. The van der Waals surface area contributed by atoms with Gasteiger partial charge >= 0.3 is 0 Å². The predicted molar refractivity (Wildman–Crippen MR) is 213 cm³/mol. The molecule has 9 rings (SSSR count). The lowest BCUT2D eigenvalue weighted by Gasteiger charge is -2.29. The van der Waals surface area contributed by atoms with Crippen molar-refractivity contribution >= 4 is 17.5 Å². The van der Waals surface area contributed by atoms with Crippen molar-refractivity contribution in [2.45, 2.75) is 44.2 Å². The quantitative estimate of drug-likeness (QED) is 0.157. The molecule has 2 aromatic heterocycles.